The number of nitrogens with zero attached hydrogens (tertiary/aromatic N) is 1. The molecule has 1 amide bonds. The Balaban J connectivity index is 1.60. The standard InChI is InChI=1S/C26H23FN2O3/c1-16-12-22-21(14-25(16)31-3)24(10-11-28-22)32-23-9-5-8-20(17(23)2)26(30)29-15-18-6-4-7-19(27)13-18/h4-14H,15H2,1-3H3,(H,29,30). The van der Waals surface area contributed by atoms with Crippen molar-refractivity contribution in [1.82, 2.24) is 10.3 Å². The van der Waals surface area contributed by atoms with E-state index in [1.165, 1.54) is 12.1 Å². The molecular formula is C26H23FN2O3. The third-order valence-electron chi connectivity index (χ3n) is 5.31. The third-order valence-corrected chi connectivity index (χ3v) is 5.31. The third kappa shape index (κ3) is 4.39. The van der Waals surface area contributed by atoms with E-state index >= 15 is 0 Å². The van der Waals surface area contributed by atoms with E-state index in [0.29, 0.717) is 28.2 Å². The number of carbonyl (C=O) groups is 1. The number of carbonyl (C=O) groups excluding carboxylic acids is 1. The molecule has 5 nitrogen and oxygen atoms in total. The summed E-state index contributed by atoms with van der Waals surface area (Å²) in [5.74, 6) is 1.34. The van der Waals surface area contributed by atoms with Crippen LogP contribution < -0.4 is 14.8 Å². The summed E-state index contributed by atoms with van der Waals surface area (Å²) in [5.41, 5.74) is 3.66. The smallest absolute Gasteiger partial charge is 0.251 e. The fraction of sp³-hybridized carbons (Fsp3) is 0.154. The fourth-order valence-electron chi connectivity index (χ4n) is 3.57. The van der Waals surface area contributed by atoms with Crippen LogP contribution >= 0.6 is 0 Å². The molecule has 1 aromatic heterocycles. The Morgan fingerprint density at radius 2 is 1.81 bits per heavy atom. The molecule has 0 radical (unpaired) electrons. The Hall–Kier alpha value is -3.93. The summed E-state index contributed by atoms with van der Waals surface area (Å²) in [6.07, 6.45) is 1.69. The van der Waals surface area contributed by atoms with Gasteiger partial charge in [0.25, 0.3) is 5.91 Å². The quantitative estimate of drug-likeness (QED) is 0.425. The maximum atomic E-state index is 13.4. The molecular weight excluding hydrogens is 407 g/mol. The number of hydrogen-bond acceptors (Lipinski definition) is 4. The number of aryl methyl sites for hydroxylation is 1. The molecule has 32 heavy (non-hydrogen) atoms. The van der Waals surface area contributed by atoms with E-state index in [9.17, 15) is 9.18 Å². The zero-order valence-electron chi connectivity index (χ0n) is 18.1. The second-order valence-corrected chi connectivity index (χ2v) is 7.49. The zero-order chi connectivity index (χ0) is 22.7. The molecule has 0 fully saturated rings. The van der Waals surface area contributed by atoms with Crippen molar-refractivity contribution in [1.29, 1.82) is 0 Å². The van der Waals surface area contributed by atoms with Crippen LogP contribution in [0.1, 0.15) is 27.0 Å². The Labute approximate surface area is 185 Å². The summed E-state index contributed by atoms with van der Waals surface area (Å²) in [4.78, 5) is 17.2. The molecule has 0 aliphatic rings. The van der Waals surface area contributed by atoms with E-state index in [1.54, 1.807) is 43.6 Å². The van der Waals surface area contributed by atoms with Gasteiger partial charge in [0, 0.05) is 29.3 Å². The number of fused-ring (bicyclic) bond motifs is 1. The monoisotopic (exact) mass is 430 g/mol. The number of halogens is 1. The van der Waals surface area contributed by atoms with Crippen molar-refractivity contribution in [2.75, 3.05) is 7.11 Å². The van der Waals surface area contributed by atoms with E-state index in [1.807, 2.05) is 32.0 Å². The minimum Gasteiger partial charge on any atom is -0.496 e. The average molecular weight is 430 g/mol. The molecule has 4 aromatic rings. The summed E-state index contributed by atoms with van der Waals surface area (Å²) in [6, 6.07) is 17.1. The Kier molecular flexibility index (Phi) is 6.03. The largest absolute Gasteiger partial charge is 0.496 e. The van der Waals surface area contributed by atoms with Crippen molar-refractivity contribution in [2.45, 2.75) is 20.4 Å². The first-order valence-electron chi connectivity index (χ1n) is 10.2. The van der Waals surface area contributed by atoms with Crippen LogP contribution in [0.5, 0.6) is 17.2 Å². The van der Waals surface area contributed by atoms with Crippen LogP contribution in [0.25, 0.3) is 10.9 Å². The molecule has 0 bridgehead atoms. The van der Waals surface area contributed by atoms with Crippen LogP contribution in [-0.2, 0) is 6.54 Å². The lowest BCUT2D eigenvalue weighted by atomic mass is 10.1. The number of pyridine rings is 1. The molecule has 6 heteroatoms. The summed E-state index contributed by atoms with van der Waals surface area (Å²) in [5, 5.41) is 3.65. The highest BCUT2D eigenvalue weighted by Crippen LogP contribution is 2.34. The lowest BCUT2D eigenvalue weighted by Crippen LogP contribution is -2.23. The van der Waals surface area contributed by atoms with Crippen LogP contribution in [-0.4, -0.2) is 18.0 Å². The summed E-state index contributed by atoms with van der Waals surface area (Å²) >= 11 is 0. The lowest BCUT2D eigenvalue weighted by molar-refractivity contribution is 0.0950. The van der Waals surface area contributed by atoms with Gasteiger partial charge < -0.3 is 14.8 Å². The van der Waals surface area contributed by atoms with Crippen LogP contribution in [0, 0.1) is 19.7 Å². The van der Waals surface area contributed by atoms with Gasteiger partial charge in [0.15, 0.2) is 0 Å². The van der Waals surface area contributed by atoms with Gasteiger partial charge in [-0.2, -0.15) is 0 Å². The normalized spacial score (nSPS) is 10.8. The minimum absolute atomic E-state index is 0.231. The lowest BCUT2D eigenvalue weighted by Gasteiger charge is -2.15. The summed E-state index contributed by atoms with van der Waals surface area (Å²) in [7, 11) is 1.63. The Bertz CT molecular complexity index is 1300. The molecule has 0 unspecified atom stereocenters. The second kappa shape index (κ2) is 9.06. The van der Waals surface area contributed by atoms with Crippen molar-refractivity contribution >= 4 is 16.8 Å². The van der Waals surface area contributed by atoms with Gasteiger partial charge in [0.1, 0.15) is 23.1 Å². The van der Waals surface area contributed by atoms with Crippen LogP contribution in [0.3, 0.4) is 0 Å². The van der Waals surface area contributed by atoms with Crippen molar-refractivity contribution in [3.63, 3.8) is 0 Å². The number of hydrogen-bond donors (Lipinski definition) is 1. The van der Waals surface area contributed by atoms with Gasteiger partial charge in [-0.25, -0.2) is 4.39 Å². The van der Waals surface area contributed by atoms with E-state index in [0.717, 1.165) is 22.2 Å². The molecule has 1 heterocycles. The highest BCUT2D eigenvalue weighted by molar-refractivity contribution is 5.96. The summed E-state index contributed by atoms with van der Waals surface area (Å²) in [6.45, 7) is 4.03. The topological polar surface area (TPSA) is 60.5 Å². The number of aromatic nitrogens is 1. The first-order chi connectivity index (χ1) is 15.5. The molecule has 0 saturated carbocycles. The van der Waals surface area contributed by atoms with Crippen LogP contribution in [0.15, 0.2) is 66.9 Å². The molecule has 1 N–H and O–H groups in total. The first kappa shape index (κ1) is 21.3. The number of amides is 1. The molecule has 0 aliphatic heterocycles. The number of methoxy groups -OCH3 is 1. The number of ether oxygens (including phenoxy) is 2. The van der Waals surface area contributed by atoms with Crippen molar-refractivity contribution < 1.29 is 18.7 Å². The predicted molar refractivity (Wildman–Crippen MR) is 122 cm³/mol. The van der Waals surface area contributed by atoms with Gasteiger partial charge in [0.2, 0.25) is 0 Å². The van der Waals surface area contributed by atoms with Crippen molar-refractivity contribution in [2.24, 2.45) is 0 Å². The molecule has 162 valence electrons. The van der Waals surface area contributed by atoms with E-state index in [-0.39, 0.29) is 18.3 Å². The Morgan fingerprint density at radius 1 is 1.00 bits per heavy atom. The van der Waals surface area contributed by atoms with E-state index < -0.39 is 0 Å². The maximum Gasteiger partial charge on any atom is 0.251 e. The van der Waals surface area contributed by atoms with E-state index in [2.05, 4.69) is 10.3 Å². The zero-order valence-corrected chi connectivity index (χ0v) is 18.1. The summed E-state index contributed by atoms with van der Waals surface area (Å²) < 4.78 is 25.0. The van der Waals surface area contributed by atoms with Crippen LogP contribution in [0.2, 0.25) is 0 Å². The second-order valence-electron chi connectivity index (χ2n) is 7.49. The van der Waals surface area contributed by atoms with Crippen molar-refractivity contribution in [3.05, 3.63) is 94.9 Å². The van der Waals surface area contributed by atoms with Gasteiger partial charge in [-0.1, -0.05) is 18.2 Å². The fourth-order valence-corrected chi connectivity index (χ4v) is 3.57. The van der Waals surface area contributed by atoms with Gasteiger partial charge in [-0.05, 0) is 67.4 Å². The van der Waals surface area contributed by atoms with Gasteiger partial charge in [-0.15, -0.1) is 0 Å². The van der Waals surface area contributed by atoms with E-state index in [4.69, 9.17) is 9.47 Å². The molecule has 0 saturated heterocycles. The first-order valence-corrected chi connectivity index (χ1v) is 10.2. The average Bonchev–Trinajstić information content (AvgIpc) is 2.78. The molecule has 0 aliphatic carbocycles. The number of nitrogens with one attached hydrogen (secondary N) is 1. The number of rotatable bonds is 6. The highest BCUT2D eigenvalue weighted by Gasteiger charge is 2.15. The molecule has 3 aromatic carbocycles. The molecule has 0 atom stereocenters. The van der Waals surface area contributed by atoms with Crippen LogP contribution in [0.4, 0.5) is 4.39 Å². The minimum atomic E-state index is -0.334. The Morgan fingerprint density at radius 3 is 2.59 bits per heavy atom. The van der Waals surface area contributed by atoms with Gasteiger partial charge in [-0.3, -0.25) is 9.78 Å². The van der Waals surface area contributed by atoms with Gasteiger partial charge >= 0.3 is 0 Å². The number of benzene rings is 3. The predicted octanol–water partition coefficient (Wildman–Crippen LogP) is 5.72. The van der Waals surface area contributed by atoms with Crippen molar-refractivity contribution in [3.8, 4) is 17.2 Å². The molecule has 4 rings (SSSR count). The van der Waals surface area contributed by atoms with Gasteiger partial charge in [0.05, 0.1) is 12.6 Å². The molecule has 0 spiro atoms. The maximum absolute atomic E-state index is 13.4. The highest BCUT2D eigenvalue weighted by atomic mass is 19.1. The SMILES string of the molecule is COc1cc2c(Oc3cccc(C(=O)NCc4cccc(F)c4)c3C)ccnc2cc1C.